The first-order valence-corrected chi connectivity index (χ1v) is 10.6. The summed E-state index contributed by atoms with van der Waals surface area (Å²) in [5.74, 6) is 4.21. The zero-order valence-corrected chi connectivity index (χ0v) is 15.7. The molecule has 0 aliphatic carbocycles. The summed E-state index contributed by atoms with van der Waals surface area (Å²) in [6.07, 6.45) is 2.22. The van der Waals surface area contributed by atoms with Gasteiger partial charge in [-0.3, -0.25) is 0 Å². The molecule has 0 bridgehead atoms. The molecule has 1 fully saturated rings. The third-order valence-corrected chi connectivity index (χ3v) is 6.87. The molecule has 0 aromatic heterocycles. The average molecular weight is 361 g/mol. The average Bonchev–Trinajstić information content (AvgIpc) is 2.65. The van der Waals surface area contributed by atoms with Crippen LogP contribution in [0.1, 0.15) is 29.1 Å². The normalized spacial score (nSPS) is 15.2. The highest BCUT2D eigenvalue weighted by molar-refractivity contribution is 8.16. The molecule has 2 aromatic carbocycles. The number of hydrogen-bond donors (Lipinski definition) is 0. The number of rotatable bonds is 7. The Morgan fingerprint density at radius 3 is 2.50 bits per heavy atom. The Hall–Kier alpha value is -1.26. The van der Waals surface area contributed by atoms with Crippen LogP contribution in [-0.2, 0) is 6.42 Å². The van der Waals surface area contributed by atoms with Crippen molar-refractivity contribution in [2.24, 2.45) is 0 Å². The summed E-state index contributed by atoms with van der Waals surface area (Å²) in [7, 11) is 0. The van der Waals surface area contributed by atoms with E-state index in [2.05, 4.69) is 42.5 Å². The van der Waals surface area contributed by atoms with Crippen molar-refractivity contribution < 1.29 is 9.47 Å². The summed E-state index contributed by atoms with van der Waals surface area (Å²) in [5, 5.41) is 0. The van der Waals surface area contributed by atoms with Crippen LogP contribution in [0.5, 0.6) is 11.5 Å². The van der Waals surface area contributed by atoms with Crippen LogP contribution in [0.25, 0.3) is 0 Å². The second kappa shape index (κ2) is 9.28. The zero-order valence-electron chi connectivity index (χ0n) is 14.1. The molecule has 2 aromatic rings. The second-order valence-electron chi connectivity index (χ2n) is 5.65. The van der Waals surface area contributed by atoms with Crippen LogP contribution in [0.3, 0.4) is 0 Å². The Bertz CT molecular complexity index is 625. The van der Waals surface area contributed by atoms with Crippen LogP contribution in [0, 0.1) is 0 Å². The zero-order chi connectivity index (χ0) is 16.6. The molecule has 1 aliphatic rings. The van der Waals surface area contributed by atoms with Crippen molar-refractivity contribution >= 4 is 23.5 Å². The van der Waals surface area contributed by atoms with Crippen molar-refractivity contribution in [1.29, 1.82) is 0 Å². The van der Waals surface area contributed by atoms with Gasteiger partial charge in [0.25, 0.3) is 0 Å². The molecule has 128 valence electrons. The maximum atomic E-state index is 6.00. The van der Waals surface area contributed by atoms with Crippen molar-refractivity contribution in [3.8, 4) is 11.5 Å². The van der Waals surface area contributed by atoms with Crippen LogP contribution in [0.2, 0.25) is 0 Å². The maximum absolute atomic E-state index is 6.00. The van der Waals surface area contributed by atoms with Crippen LogP contribution in [0.4, 0.5) is 0 Å². The van der Waals surface area contributed by atoms with Crippen LogP contribution >= 0.6 is 23.5 Å². The van der Waals surface area contributed by atoms with E-state index in [9.17, 15) is 0 Å². The van der Waals surface area contributed by atoms with Gasteiger partial charge in [0.15, 0.2) is 11.5 Å². The molecule has 1 heterocycles. The summed E-state index contributed by atoms with van der Waals surface area (Å²) in [6.45, 7) is 3.34. The fourth-order valence-corrected chi connectivity index (χ4v) is 5.54. The van der Waals surface area contributed by atoms with E-state index in [0.717, 1.165) is 17.9 Å². The first-order valence-electron chi connectivity index (χ1n) is 8.53. The molecule has 0 N–H and O–H groups in total. The molecule has 24 heavy (non-hydrogen) atoms. The lowest BCUT2D eigenvalue weighted by atomic mass is 10.2. The van der Waals surface area contributed by atoms with E-state index in [1.54, 1.807) is 0 Å². The van der Waals surface area contributed by atoms with Gasteiger partial charge >= 0.3 is 0 Å². The number of thioether (sulfide) groups is 2. The Kier molecular flexibility index (Phi) is 6.79. The lowest BCUT2D eigenvalue weighted by Gasteiger charge is -2.22. The SMILES string of the molecule is CCOc1cc(C2SCCCS2)ccc1OCCc1ccccc1. The fourth-order valence-electron chi connectivity index (χ4n) is 2.66. The van der Waals surface area contributed by atoms with Gasteiger partial charge in [0.1, 0.15) is 0 Å². The Balaban J connectivity index is 1.65. The van der Waals surface area contributed by atoms with E-state index in [4.69, 9.17) is 9.47 Å². The van der Waals surface area contributed by atoms with Gasteiger partial charge in [-0.05, 0) is 48.1 Å². The highest BCUT2D eigenvalue weighted by atomic mass is 32.2. The molecule has 0 radical (unpaired) electrons. The van der Waals surface area contributed by atoms with E-state index < -0.39 is 0 Å². The van der Waals surface area contributed by atoms with Gasteiger partial charge in [-0.1, -0.05) is 36.4 Å². The molecule has 0 saturated carbocycles. The van der Waals surface area contributed by atoms with Gasteiger partial charge in [-0.15, -0.1) is 23.5 Å². The van der Waals surface area contributed by atoms with Gasteiger partial charge < -0.3 is 9.47 Å². The summed E-state index contributed by atoms with van der Waals surface area (Å²) in [5.41, 5.74) is 2.63. The molecular weight excluding hydrogens is 336 g/mol. The number of ether oxygens (including phenoxy) is 2. The predicted octanol–water partition coefficient (Wildman–Crippen LogP) is 5.58. The van der Waals surface area contributed by atoms with E-state index >= 15 is 0 Å². The molecule has 2 nitrogen and oxygen atoms in total. The minimum absolute atomic E-state index is 0.524. The minimum atomic E-state index is 0.524. The fraction of sp³-hybridized carbons (Fsp3) is 0.400. The van der Waals surface area contributed by atoms with E-state index in [-0.39, 0.29) is 0 Å². The number of hydrogen-bond acceptors (Lipinski definition) is 4. The first-order chi connectivity index (χ1) is 11.9. The highest BCUT2D eigenvalue weighted by Crippen LogP contribution is 2.45. The molecule has 0 unspecified atom stereocenters. The predicted molar refractivity (Wildman–Crippen MR) is 106 cm³/mol. The van der Waals surface area contributed by atoms with Crippen molar-refractivity contribution in [3.05, 3.63) is 59.7 Å². The lowest BCUT2D eigenvalue weighted by molar-refractivity contribution is 0.279. The van der Waals surface area contributed by atoms with Crippen molar-refractivity contribution in [1.82, 2.24) is 0 Å². The van der Waals surface area contributed by atoms with E-state index in [1.807, 2.05) is 36.5 Å². The quantitative estimate of drug-likeness (QED) is 0.642. The van der Waals surface area contributed by atoms with Crippen molar-refractivity contribution in [3.63, 3.8) is 0 Å². The second-order valence-corrected chi connectivity index (χ2v) is 8.37. The van der Waals surface area contributed by atoms with Gasteiger partial charge in [0, 0.05) is 6.42 Å². The van der Waals surface area contributed by atoms with Crippen LogP contribution < -0.4 is 9.47 Å². The highest BCUT2D eigenvalue weighted by Gasteiger charge is 2.18. The molecule has 0 spiro atoms. The standard InChI is InChI=1S/C20H24O2S2/c1-2-21-19-15-17(20-23-13-6-14-24-20)9-10-18(19)22-12-11-16-7-4-3-5-8-16/h3-5,7-10,15,20H,2,6,11-14H2,1H3. The van der Waals surface area contributed by atoms with Crippen LogP contribution in [-0.4, -0.2) is 24.7 Å². The van der Waals surface area contributed by atoms with Gasteiger partial charge in [0.2, 0.25) is 0 Å². The molecule has 1 aliphatic heterocycles. The monoisotopic (exact) mass is 360 g/mol. The Morgan fingerprint density at radius 1 is 0.958 bits per heavy atom. The van der Waals surface area contributed by atoms with E-state index in [1.165, 1.54) is 29.1 Å². The molecule has 4 heteroatoms. The van der Waals surface area contributed by atoms with Crippen molar-refractivity contribution in [2.45, 2.75) is 24.3 Å². The summed E-state index contributed by atoms with van der Waals surface area (Å²) in [6, 6.07) is 16.9. The smallest absolute Gasteiger partial charge is 0.161 e. The van der Waals surface area contributed by atoms with Gasteiger partial charge in [-0.25, -0.2) is 0 Å². The van der Waals surface area contributed by atoms with Crippen molar-refractivity contribution in [2.75, 3.05) is 24.7 Å². The third kappa shape index (κ3) is 4.87. The molecule has 1 saturated heterocycles. The molecular formula is C20H24O2S2. The Morgan fingerprint density at radius 2 is 1.75 bits per heavy atom. The first kappa shape index (κ1) is 17.6. The largest absolute Gasteiger partial charge is 0.490 e. The third-order valence-electron chi connectivity index (χ3n) is 3.86. The minimum Gasteiger partial charge on any atom is -0.490 e. The Labute approximate surface area is 153 Å². The summed E-state index contributed by atoms with van der Waals surface area (Å²) < 4.78 is 12.3. The molecule has 3 rings (SSSR count). The molecule has 0 amide bonds. The van der Waals surface area contributed by atoms with E-state index in [0.29, 0.717) is 17.8 Å². The van der Waals surface area contributed by atoms with Gasteiger partial charge in [-0.2, -0.15) is 0 Å². The lowest BCUT2D eigenvalue weighted by Crippen LogP contribution is -2.05. The summed E-state index contributed by atoms with van der Waals surface area (Å²) in [4.78, 5) is 0. The van der Waals surface area contributed by atoms with Gasteiger partial charge in [0.05, 0.1) is 17.8 Å². The number of benzene rings is 2. The van der Waals surface area contributed by atoms with Crippen LogP contribution in [0.15, 0.2) is 48.5 Å². The maximum Gasteiger partial charge on any atom is 0.161 e. The topological polar surface area (TPSA) is 18.5 Å². The molecule has 0 atom stereocenters. The summed E-state index contributed by atoms with van der Waals surface area (Å²) >= 11 is 4.06.